The smallest absolute Gasteiger partial charge is 0.119 e. The van der Waals surface area contributed by atoms with Gasteiger partial charge < -0.3 is 10.1 Å². The molecule has 0 atom stereocenters. The van der Waals surface area contributed by atoms with Crippen molar-refractivity contribution in [1.82, 2.24) is 15.1 Å². The summed E-state index contributed by atoms with van der Waals surface area (Å²) < 4.78 is 7.49. The Balaban J connectivity index is 1.57. The van der Waals surface area contributed by atoms with E-state index < -0.39 is 0 Å². The van der Waals surface area contributed by atoms with Crippen molar-refractivity contribution < 1.29 is 4.74 Å². The fourth-order valence-corrected chi connectivity index (χ4v) is 1.90. The number of nitrogens with zero attached hydrogens (tertiary/aromatic N) is 2. The molecule has 0 radical (unpaired) electrons. The van der Waals surface area contributed by atoms with E-state index in [4.69, 9.17) is 4.74 Å². The molecule has 0 spiro atoms. The zero-order chi connectivity index (χ0) is 13.5. The zero-order valence-electron chi connectivity index (χ0n) is 11.6. The second kappa shape index (κ2) is 6.95. The van der Waals surface area contributed by atoms with Crippen molar-refractivity contribution in [3.8, 4) is 5.75 Å². The fraction of sp³-hybridized carbons (Fsp3) is 0.400. The van der Waals surface area contributed by atoms with Crippen molar-refractivity contribution in [1.29, 1.82) is 0 Å². The third-order valence-electron chi connectivity index (χ3n) is 2.89. The Morgan fingerprint density at radius 3 is 2.95 bits per heavy atom. The largest absolute Gasteiger partial charge is 0.492 e. The van der Waals surface area contributed by atoms with Gasteiger partial charge in [0.15, 0.2) is 0 Å². The normalized spacial score (nSPS) is 10.6. The Hall–Kier alpha value is -1.81. The fourth-order valence-electron chi connectivity index (χ4n) is 1.90. The summed E-state index contributed by atoms with van der Waals surface area (Å²) in [6.07, 6.45) is 4.95. The maximum atomic E-state index is 5.66. The van der Waals surface area contributed by atoms with Crippen LogP contribution < -0.4 is 10.1 Å². The van der Waals surface area contributed by atoms with Gasteiger partial charge in [-0.25, -0.2) is 0 Å². The lowest BCUT2D eigenvalue weighted by molar-refractivity contribution is 0.314. The van der Waals surface area contributed by atoms with E-state index in [0.29, 0.717) is 6.61 Å². The molecule has 0 fully saturated rings. The van der Waals surface area contributed by atoms with Gasteiger partial charge in [0.2, 0.25) is 0 Å². The van der Waals surface area contributed by atoms with Gasteiger partial charge in [0.1, 0.15) is 12.4 Å². The zero-order valence-corrected chi connectivity index (χ0v) is 11.6. The second-order valence-corrected chi connectivity index (χ2v) is 4.69. The molecular formula is C15H21N3O. The molecule has 102 valence electrons. The SMILES string of the molecule is Cc1cccc(OCCNCCc2cnn(C)c2)c1. The molecule has 0 aliphatic heterocycles. The van der Waals surface area contributed by atoms with Crippen molar-refractivity contribution in [3.05, 3.63) is 47.8 Å². The number of nitrogens with one attached hydrogen (secondary N) is 1. The predicted octanol–water partition coefficient (Wildman–Crippen LogP) is 1.94. The Morgan fingerprint density at radius 2 is 2.21 bits per heavy atom. The Morgan fingerprint density at radius 1 is 1.32 bits per heavy atom. The topological polar surface area (TPSA) is 39.1 Å². The van der Waals surface area contributed by atoms with E-state index in [-0.39, 0.29) is 0 Å². The van der Waals surface area contributed by atoms with Crippen LogP contribution in [0.1, 0.15) is 11.1 Å². The van der Waals surface area contributed by atoms with Crippen LogP contribution in [-0.2, 0) is 13.5 Å². The highest BCUT2D eigenvalue weighted by Gasteiger charge is 1.96. The van der Waals surface area contributed by atoms with Crippen LogP contribution in [0, 0.1) is 6.92 Å². The minimum absolute atomic E-state index is 0.691. The first-order chi connectivity index (χ1) is 9.24. The van der Waals surface area contributed by atoms with Gasteiger partial charge in [-0.15, -0.1) is 0 Å². The number of hydrogen-bond donors (Lipinski definition) is 1. The van der Waals surface area contributed by atoms with Crippen LogP contribution in [0.25, 0.3) is 0 Å². The average molecular weight is 259 g/mol. The van der Waals surface area contributed by atoms with Crippen molar-refractivity contribution >= 4 is 0 Å². The number of hydrogen-bond acceptors (Lipinski definition) is 3. The van der Waals surface area contributed by atoms with E-state index in [0.717, 1.165) is 25.3 Å². The van der Waals surface area contributed by atoms with Gasteiger partial charge in [0, 0.05) is 19.8 Å². The van der Waals surface area contributed by atoms with E-state index in [1.54, 1.807) is 0 Å². The highest BCUT2D eigenvalue weighted by molar-refractivity contribution is 5.27. The summed E-state index contributed by atoms with van der Waals surface area (Å²) in [6.45, 7) is 4.56. The molecule has 0 aliphatic carbocycles. The van der Waals surface area contributed by atoms with Gasteiger partial charge in [-0.3, -0.25) is 4.68 Å². The maximum absolute atomic E-state index is 5.66. The van der Waals surface area contributed by atoms with Gasteiger partial charge >= 0.3 is 0 Å². The van der Waals surface area contributed by atoms with E-state index in [9.17, 15) is 0 Å². The van der Waals surface area contributed by atoms with Gasteiger partial charge in [0.05, 0.1) is 6.20 Å². The number of rotatable bonds is 7. The molecule has 4 heteroatoms. The van der Waals surface area contributed by atoms with Crippen molar-refractivity contribution in [3.63, 3.8) is 0 Å². The quantitative estimate of drug-likeness (QED) is 0.772. The van der Waals surface area contributed by atoms with E-state index in [1.165, 1.54) is 11.1 Å². The van der Waals surface area contributed by atoms with Crippen LogP contribution in [0.2, 0.25) is 0 Å². The Labute approximate surface area is 114 Å². The minimum atomic E-state index is 0.691. The van der Waals surface area contributed by atoms with Crippen LogP contribution in [0.3, 0.4) is 0 Å². The standard InChI is InChI=1S/C15H21N3O/c1-13-4-3-5-15(10-13)19-9-8-16-7-6-14-11-17-18(2)12-14/h3-5,10-12,16H,6-9H2,1-2H3. The molecular weight excluding hydrogens is 238 g/mol. The molecule has 0 aliphatic rings. The molecule has 19 heavy (non-hydrogen) atoms. The molecule has 0 bridgehead atoms. The van der Waals surface area contributed by atoms with E-state index in [2.05, 4.69) is 29.5 Å². The first-order valence-electron chi connectivity index (χ1n) is 6.62. The molecule has 1 N–H and O–H groups in total. The average Bonchev–Trinajstić information content (AvgIpc) is 2.79. The molecule has 1 aromatic carbocycles. The second-order valence-electron chi connectivity index (χ2n) is 4.69. The Kier molecular flexibility index (Phi) is 4.98. The summed E-state index contributed by atoms with van der Waals surface area (Å²) in [7, 11) is 1.94. The Bertz CT molecular complexity index is 508. The number of aryl methyl sites for hydroxylation is 2. The van der Waals surface area contributed by atoms with Crippen molar-refractivity contribution in [2.75, 3.05) is 19.7 Å². The third-order valence-corrected chi connectivity index (χ3v) is 2.89. The summed E-state index contributed by atoms with van der Waals surface area (Å²) >= 11 is 0. The van der Waals surface area contributed by atoms with E-state index >= 15 is 0 Å². The highest BCUT2D eigenvalue weighted by atomic mass is 16.5. The molecule has 0 unspecified atom stereocenters. The molecule has 4 nitrogen and oxygen atoms in total. The molecule has 0 saturated heterocycles. The molecule has 1 heterocycles. The van der Waals surface area contributed by atoms with Crippen LogP contribution in [0.15, 0.2) is 36.7 Å². The van der Waals surface area contributed by atoms with Crippen molar-refractivity contribution in [2.45, 2.75) is 13.3 Å². The summed E-state index contributed by atoms with van der Waals surface area (Å²) in [4.78, 5) is 0. The molecule has 0 amide bonds. The first kappa shape index (κ1) is 13.6. The molecule has 1 aromatic heterocycles. The van der Waals surface area contributed by atoms with Gasteiger partial charge in [-0.1, -0.05) is 12.1 Å². The lowest BCUT2D eigenvalue weighted by Crippen LogP contribution is -2.23. The number of ether oxygens (including phenoxy) is 1. The predicted molar refractivity (Wildman–Crippen MR) is 76.5 cm³/mol. The molecule has 2 rings (SSSR count). The highest BCUT2D eigenvalue weighted by Crippen LogP contribution is 2.11. The lowest BCUT2D eigenvalue weighted by atomic mass is 10.2. The van der Waals surface area contributed by atoms with Gasteiger partial charge in [0.25, 0.3) is 0 Å². The van der Waals surface area contributed by atoms with Crippen LogP contribution in [-0.4, -0.2) is 29.5 Å². The summed E-state index contributed by atoms with van der Waals surface area (Å²) in [5.74, 6) is 0.939. The summed E-state index contributed by atoms with van der Waals surface area (Å²) in [5.41, 5.74) is 2.48. The number of benzene rings is 1. The third kappa shape index (κ3) is 4.75. The maximum Gasteiger partial charge on any atom is 0.119 e. The summed E-state index contributed by atoms with van der Waals surface area (Å²) in [6, 6.07) is 8.12. The summed E-state index contributed by atoms with van der Waals surface area (Å²) in [5, 5.41) is 7.51. The minimum Gasteiger partial charge on any atom is -0.492 e. The molecule has 2 aromatic rings. The van der Waals surface area contributed by atoms with Crippen LogP contribution >= 0.6 is 0 Å². The number of aromatic nitrogens is 2. The van der Waals surface area contributed by atoms with Gasteiger partial charge in [-0.05, 0) is 43.1 Å². The first-order valence-corrected chi connectivity index (χ1v) is 6.62. The van der Waals surface area contributed by atoms with E-state index in [1.807, 2.05) is 36.3 Å². The molecule has 0 saturated carbocycles. The monoisotopic (exact) mass is 259 g/mol. The van der Waals surface area contributed by atoms with Crippen LogP contribution in [0.4, 0.5) is 0 Å². The van der Waals surface area contributed by atoms with Crippen molar-refractivity contribution in [2.24, 2.45) is 7.05 Å². The van der Waals surface area contributed by atoms with Crippen LogP contribution in [0.5, 0.6) is 5.75 Å². The van der Waals surface area contributed by atoms with Gasteiger partial charge in [-0.2, -0.15) is 5.10 Å². The lowest BCUT2D eigenvalue weighted by Gasteiger charge is -2.07.